The van der Waals surface area contributed by atoms with Crippen molar-refractivity contribution in [3.05, 3.63) is 30.1 Å². The van der Waals surface area contributed by atoms with Crippen LogP contribution in [0, 0.1) is 0 Å². The minimum Gasteiger partial charge on any atom is -0.493 e. The minimum absolute atomic E-state index is 0.153. The second-order valence-electron chi connectivity index (χ2n) is 3.87. The Labute approximate surface area is 105 Å². The van der Waals surface area contributed by atoms with Crippen LogP contribution in [0.4, 0.5) is 0 Å². The smallest absolute Gasteiger partial charge is 0.221 e. The fourth-order valence-corrected chi connectivity index (χ4v) is 1.89. The van der Waals surface area contributed by atoms with E-state index >= 15 is 0 Å². The lowest BCUT2D eigenvalue weighted by molar-refractivity contribution is -0.117. The van der Waals surface area contributed by atoms with Crippen LogP contribution in [0.25, 0.3) is 10.8 Å². The number of hydrogen-bond acceptors (Lipinski definition) is 4. The Morgan fingerprint density at radius 2 is 1.89 bits per heavy atom. The van der Waals surface area contributed by atoms with Gasteiger partial charge in [-0.1, -0.05) is 0 Å². The van der Waals surface area contributed by atoms with E-state index in [1.165, 1.54) is 0 Å². The first-order valence-electron chi connectivity index (χ1n) is 5.42. The highest BCUT2D eigenvalue weighted by Gasteiger charge is 2.10. The first-order chi connectivity index (χ1) is 8.65. The molecule has 0 spiro atoms. The van der Waals surface area contributed by atoms with E-state index in [-0.39, 0.29) is 12.3 Å². The molecule has 94 valence electrons. The number of amides is 1. The van der Waals surface area contributed by atoms with Crippen LogP contribution in [-0.4, -0.2) is 25.1 Å². The molecule has 18 heavy (non-hydrogen) atoms. The summed E-state index contributed by atoms with van der Waals surface area (Å²) in [5.41, 5.74) is 6.00. The van der Waals surface area contributed by atoms with Gasteiger partial charge in [-0.05, 0) is 23.1 Å². The van der Waals surface area contributed by atoms with E-state index in [1.54, 1.807) is 26.6 Å². The molecule has 1 heterocycles. The lowest BCUT2D eigenvalue weighted by atomic mass is 10.0. The number of aromatic nitrogens is 1. The zero-order valence-electron chi connectivity index (χ0n) is 10.3. The Balaban J connectivity index is 2.64. The van der Waals surface area contributed by atoms with Gasteiger partial charge >= 0.3 is 0 Å². The Bertz CT molecular complexity index is 596. The number of nitrogens with zero attached hydrogens (tertiary/aromatic N) is 1. The molecule has 0 saturated heterocycles. The summed E-state index contributed by atoms with van der Waals surface area (Å²) in [6, 6.07) is 3.65. The van der Waals surface area contributed by atoms with Gasteiger partial charge < -0.3 is 15.2 Å². The number of pyridine rings is 1. The van der Waals surface area contributed by atoms with Gasteiger partial charge in [0.15, 0.2) is 11.5 Å². The van der Waals surface area contributed by atoms with E-state index in [2.05, 4.69) is 4.98 Å². The molecule has 0 fully saturated rings. The second kappa shape index (κ2) is 4.91. The van der Waals surface area contributed by atoms with Crippen molar-refractivity contribution in [2.24, 2.45) is 5.73 Å². The van der Waals surface area contributed by atoms with Crippen molar-refractivity contribution >= 4 is 16.7 Å². The SMILES string of the molecule is COc1cc2cncc(CC(N)=O)c2cc1OC. The quantitative estimate of drug-likeness (QED) is 0.881. The molecule has 1 aromatic carbocycles. The number of nitrogens with two attached hydrogens (primary N) is 1. The largest absolute Gasteiger partial charge is 0.493 e. The molecule has 0 aliphatic heterocycles. The van der Waals surface area contributed by atoms with Gasteiger partial charge in [-0.15, -0.1) is 0 Å². The summed E-state index contributed by atoms with van der Waals surface area (Å²) < 4.78 is 10.5. The molecule has 2 rings (SSSR count). The highest BCUT2D eigenvalue weighted by molar-refractivity contribution is 5.91. The van der Waals surface area contributed by atoms with Gasteiger partial charge in [0.05, 0.1) is 20.6 Å². The van der Waals surface area contributed by atoms with Crippen LogP contribution in [0.2, 0.25) is 0 Å². The van der Waals surface area contributed by atoms with Crippen LogP contribution >= 0.6 is 0 Å². The molecule has 0 saturated carbocycles. The number of carbonyl (C=O) groups excluding carboxylic acids is 1. The lowest BCUT2D eigenvalue weighted by Gasteiger charge is -2.11. The predicted octanol–water partition coefficient (Wildman–Crippen LogP) is 1.28. The van der Waals surface area contributed by atoms with Crippen molar-refractivity contribution in [1.82, 2.24) is 4.98 Å². The number of ether oxygens (including phenoxy) is 2. The third-order valence-corrected chi connectivity index (χ3v) is 2.71. The maximum Gasteiger partial charge on any atom is 0.221 e. The van der Waals surface area contributed by atoms with E-state index in [4.69, 9.17) is 15.2 Å². The molecular formula is C13H14N2O3. The maximum absolute atomic E-state index is 11.0. The lowest BCUT2D eigenvalue weighted by Crippen LogP contribution is -2.14. The molecule has 2 N–H and O–H groups in total. The van der Waals surface area contributed by atoms with Gasteiger partial charge in [0.25, 0.3) is 0 Å². The van der Waals surface area contributed by atoms with Crippen molar-refractivity contribution in [1.29, 1.82) is 0 Å². The molecule has 0 aliphatic carbocycles. The summed E-state index contributed by atoms with van der Waals surface area (Å²) in [5.74, 6) is 0.851. The van der Waals surface area contributed by atoms with E-state index in [1.807, 2.05) is 12.1 Å². The molecule has 0 radical (unpaired) electrons. The van der Waals surface area contributed by atoms with Gasteiger partial charge in [0.1, 0.15) is 0 Å². The Kier molecular flexibility index (Phi) is 3.32. The van der Waals surface area contributed by atoms with Crippen molar-refractivity contribution in [2.45, 2.75) is 6.42 Å². The molecule has 2 aromatic rings. The Morgan fingerprint density at radius 1 is 1.22 bits per heavy atom. The molecule has 0 atom stereocenters. The molecule has 1 aromatic heterocycles. The van der Waals surface area contributed by atoms with Gasteiger partial charge in [-0.2, -0.15) is 0 Å². The molecule has 1 amide bonds. The third-order valence-electron chi connectivity index (χ3n) is 2.71. The van der Waals surface area contributed by atoms with Crippen molar-refractivity contribution in [3.8, 4) is 11.5 Å². The van der Waals surface area contributed by atoms with Crippen molar-refractivity contribution in [3.63, 3.8) is 0 Å². The first-order valence-corrected chi connectivity index (χ1v) is 5.42. The number of primary amides is 1. The highest BCUT2D eigenvalue weighted by atomic mass is 16.5. The van der Waals surface area contributed by atoms with Crippen molar-refractivity contribution < 1.29 is 14.3 Å². The molecule has 0 bridgehead atoms. The number of methoxy groups -OCH3 is 2. The topological polar surface area (TPSA) is 74.4 Å². The maximum atomic E-state index is 11.0. The van der Waals surface area contributed by atoms with Gasteiger partial charge in [0.2, 0.25) is 5.91 Å². The van der Waals surface area contributed by atoms with Gasteiger partial charge in [-0.3, -0.25) is 9.78 Å². The summed E-state index contributed by atoms with van der Waals surface area (Å²) in [6.45, 7) is 0. The summed E-state index contributed by atoms with van der Waals surface area (Å²) in [4.78, 5) is 15.1. The first kappa shape index (κ1) is 12.2. The number of rotatable bonds is 4. The zero-order valence-corrected chi connectivity index (χ0v) is 10.3. The molecule has 5 heteroatoms. The predicted molar refractivity (Wildman–Crippen MR) is 67.7 cm³/mol. The van der Waals surface area contributed by atoms with E-state index < -0.39 is 0 Å². The molecule has 0 unspecified atom stereocenters. The number of fused-ring (bicyclic) bond motifs is 1. The van der Waals surface area contributed by atoms with Crippen LogP contribution in [-0.2, 0) is 11.2 Å². The van der Waals surface area contributed by atoms with E-state index in [9.17, 15) is 4.79 Å². The summed E-state index contributed by atoms with van der Waals surface area (Å²) in [7, 11) is 3.14. The molecule has 0 aliphatic rings. The second-order valence-corrected chi connectivity index (χ2v) is 3.87. The number of hydrogen-bond donors (Lipinski definition) is 1. The van der Waals surface area contributed by atoms with E-state index in [0.29, 0.717) is 11.5 Å². The third kappa shape index (κ3) is 2.20. The van der Waals surface area contributed by atoms with Crippen LogP contribution < -0.4 is 15.2 Å². The van der Waals surface area contributed by atoms with Crippen LogP contribution in [0.5, 0.6) is 11.5 Å². The highest BCUT2D eigenvalue weighted by Crippen LogP contribution is 2.33. The Morgan fingerprint density at radius 3 is 2.50 bits per heavy atom. The average molecular weight is 246 g/mol. The fraction of sp³-hybridized carbons (Fsp3) is 0.231. The number of benzene rings is 1. The summed E-state index contributed by atoms with van der Waals surface area (Å²) in [6.07, 6.45) is 3.50. The minimum atomic E-state index is -0.390. The number of carbonyl (C=O) groups is 1. The molecular weight excluding hydrogens is 232 g/mol. The molecule has 5 nitrogen and oxygen atoms in total. The Hall–Kier alpha value is -2.30. The van der Waals surface area contributed by atoms with E-state index in [0.717, 1.165) is 16.3 Å². The fourth-order valence-electron chi connectivity index (χ4n) is 1.89. The normalized spacial score (nSPS) is 10.3. The van der Waals surface area contributed by atoms with Crippen LogP contribution in [0.15, 0.2) is 24.5 Å². The summed E-state index contributed by atoms with van der Waals surface area (Å²) >= 11 is 0. The van der Waals surface area contributed by atoms with Crippen molar-refractivity contribution in [2.75, 3.05) is 14.2 Å². The average Bonchev–Trinajstić information content (AvgIpc) is 2.37. The zero-order chi connectivity index (χ0) is 13.1. The summed E-state index contributed by atoms with van der Waals surface area (Å²) in [5, 5.41) is 1.77. The van der Waals surface area contributed by atoms with Gasteiger partial charge in [0, 0.05) is 17.8 Å². The standard InChI is InChI=1S/C13H14N2O3/c1-17-11-3-8-6-15-7-9(4-13(14)16)10(8)5-12(11)18-2/h3,5-7H,4H2,1-2H3,(H2,14,16). The monoisotopic (exact) mass is 246 g/mol. The van der Waals surface area contributed by atoms with Gasteiger partial charge in [-0.25, -0.2) is 0 Å². The van der Waals surface area contributed by atoms with Crippen LogP contribution in [0.3, 0.4) is 0 Å². The van der Waals surface area contributed by atoms with Crippen LogP contribution in [0.1, 0.15) is 5.56 Å².